The maximum Gasteiger partial charge on any atom is 0.253 e. The molecule has 2 aromatic carbocycles. The van der Waals surface area contributed by atoms with Crippen LogP contribution in [0.2, 0.25) is 10.0 Å². The summed E-state index contributed by atoms with van der Waals surface area (Å²) < 4.78 is 2.85. The molecule has 0 saturated carbocycles. The van der Waals surface area contributed by atoms with Gasteiger partial charge in [0.2, 0.25) is 5.91 Å². The van der Waals surface area contributed by atoms with E-state index in [1.165, 1.54) is 17.8 Å². The Labute approximate surface area is 221 Å². The van der Waals surface area contributed by atoms with E-state index in [2.05, 4.69) is 36.8 Å². The topological polar surface area (TPSA) is 88.9 Å². The zero-order valence-corrected chi connectivity index (χ0v) is 22.7. The predicted octanol–water partition coefficient (Wildman–Crippen LogP) is 6.23. The third-order valence-electron chi connectivity index (χ3n) is 4.93. The molecule has 1 heterocycles. The number of rotatable bonds is 9. The van der Waals surface area contributed by atoms with Crippen molar-refractivity contribution in [1.82, 2.24) is 20.1 Å². The second-order valence-electron chi connectivity index (χ2n) is 7.75. The van der Waals surface area contributed by atoms with E-state index in [1.807, 2.05) is 49.6 Å². The quantitative estimate of drug-likeness (QED) is 0.291. The molecule has 3 rings (SSSR count). The molecular weight excluding hydrogens is 561 g/mol. The van der Waals surface area contributed by atoms with Crippen LogP contribution in [0.25, 0.3) is 0 Å². The van der Waals surface area contributed by atoms with Gasteiger partial charge in [-0.2, -0.15) is 0 Å². The number of hydrogen-bond acceptors (Lipinski definition) is 5. The van der Waals surface area contributed by atoms with Gasteiger partial charge in [-0.05, 0) is 55.3 Å². The first kappa shape index (κ1) is 26.5. The van der Waals surface area contributed by atoms with Crippen molar-refractivity contribution in [3.8, 4) is 0 Å². The molecule has 1 atom stereocenters. The van der Waals surface area contributed by atoms with Gasteiger partial charge >= 0.3 is 0 Å². The second-order valence-corrected chi connectivity index (χ2v) is 10.4. The van der Waals surface area contributed by atoms with Crippen molar-refractivity contribution in [2.75, 3.05) is 11.1 Å². The first-order chi connectivity index (χ1) is 16.2. The maximum absolute atomic E-state index is 12.9. The van der Waals surface area contributed by atoms with Gasteiger partial charge in [0.05, 0.1) is 22.4 Å². The van der Waals surface area contributed by atoms with Crippen molar-refractivity contribution in [2.24, 2.45) is 5.92 Å². The third kappa shape index (κ3) is 6.75. The Bertz CT molecular complexity index is 1170. The fourth-order valence-corrected chi connectivity index (χ4v) is 4.78. The molecule has 11 heteroatoms. The van der Waals surface area contributed by atoms with Gasteiger partial charge in [-0.3, -0.25) is 9.59 Å². The Morgan fingerprint density at radius 3 is 2.44 bits per heavy atom. The summed E-state index contributed by atoms with van der Waals surface area (Å²) in [5.41, 5.74) is 1.05. The highest BCUT2D eigenvalue weighted by atomic mass is 79.9. The number of nitrogens with zero attached hydrogens (tertiary/aromatic N) is 3. The molecule has 1 aromatic heterocycles. The van der Waals surface area contributed by atoms with Gasteiger partial charge in [-0.25, -0.2) is 0 Å². The molecular formula is C23H24BrCl2N5O2S. The van der Waals surface area contributed by atoms with Crippen LogP contribution in [0.1, 0.15) is 43.0 Å². The summed E-state index contributed by atoms with van der Waals surface area (Å²) in [5, 5.41) is 15.9. The van der Waals surface area contributed by atoms with Crippen LogP contribution in [0.4, 0.5) is 5.69 Å². The SMILES string of the molecule is CCn1c(SCC(=O)Nc2ccc(Br)cc2)nnc1[C@H](NC(=O)c1ccc(Cl)cc1Cl)C(C)C. The third-order valence-corrected chi connectivity index (χ3v) is 6.97. The smallest absolute Gasteiger partial charge is 0.253 e. The summed E-state index contributed by atoms with van der Waals surface area (Å²) in [4.78, 5) is 25.3. The number of halogens is 3. The van der Waals surface area contributed by atoms with Crippen LogP contribution in [0, 0.1) is 5.92 Å². The van der Waals surface area contributed by atoms with Gasteiger partial charge in [0.25, 0.3) is 5.91 Å². The summed E-state index contributed by atoms with van der Waals surface area (Å²) in [7, 11) is 0. The molecule has 0 aliphatic carbocycles. The van der Waals surface area contributed by atoms with Crippen LogP contribution in [-0.2, 0) is 11.3 Å². The Morgan fingerprint density at radius 1 is 1.12 bits per heavy atom. The standard InChI is InChI=1S/C23H24BrCl2N5O2S/c1-4-31-21(20(13(2)3)28-22(33)17-10-7-15(25)11-18(17)26)29-30-23(31)34-12-19(32)27-16-8-5-14(24)6-9-16/h5-11,13,20H,4,12H2,1-3H3,(H,27,32)(H,28,33)/t20-/m1/s1. The lowest BCUT2D eigenvalue weighted by atomic mass is 10.0. The van der Waals surface area contributed by atoms with Gasteiger partial charge in [-0.1, -0.05) is 64.7 Å². The molecule has 0 aliphatic rings. The van der Waals surface area contributed by atoms with Crippen molar-refractivity contribution < 1.29 is 9.59 Å². The maximum atomic E-state index is 12.9. The van der Waals surface area contributed by atoms with Crippen molar-refractivity contribution in [3.63, 3.8) is 0 Å². The van der Waals surface area contributed by atoms with Crippen molar-refractivity contribution in [1.29, 1.82) is 0 Å². The predicted molar refractivity (Wildman–Crippen MR) is 141 cm³/mol. The van der Waals surface area contributed by atoms with E-state index in [-0.39, 0.29) is 28.5 Å². The average Bonchev–Trinajstić information content (AvgIpc) is 3.19. The van der Waals surface area contributed by atoms with Crippen molar-refractivity contribution >= 4 is 68.4 Å². The van der Waals surface area contributed by atoms with Gasteiger partial charge < -0.3 is 15.2 Å². The molecule has 0 radical (unpaired) electrons. The molecule has 0 fully saturated rings. The molecule has 3 aromatic rings. The van der Waals surface area contributed by atoms with Gasteiger partial charge in [0, 0.05) is 21.7 Å². The fraction of sp³-hybridized carbons (Fsp3) is 0.304. The molecule has 0 unspecified atom stereocenters. The largest absolute Gasteiger partial charge is 0.342 e. The van der Waals surface area contributed by atoms with E-state index in [0.29, 0.717) is 28.1 Å². The average molecular weight is 585 g/mol. The zero-order valence-electron chi connectivity index (χ0n) is 18.8. The Balaban J connectivity index is 1.72. The van der Waals surface area contributed by atoms with Crippen LogP contribution in [0.5, 0.6) is 0 Å². The molecule has 0 saturated heterocycles. The second kappa shape index (κ2) is 12.1. The molecule has 0 spiro atoms. The first-order valence-electron chi connectivity index (χ1n) is 10.6. The van der Waals surface area contributed by atoms with E-state index in [0.717, 1.165) is 10.2 Å². The lowest BCUT2D eigenvalue weighted by Gasteiger charge is -2.22. The van der Waals surface area contributed by atoms with Crippen LogP contribution < -0.4 is 10.6 Å². The molecule has 34 heavy (non-hydrogen) atoms. The lowest BCUT2D eigenvalue weighted by molar-refractivity contribution is -0.113. The van der Waals surface area contributed by atoms with E-state index < -0.39 is 6.04 Å². The molecule has 2 amide bonds. The van der Waals surface area contributed by atoms with E-state index >= 15 is 0 Å². The molecule has 7 nitrogen and oxygen atoms in total. The number of hydrogen-bond donors (Lipinski definition) is 2. The number of carbonyl (C=O) groups is 2. The van der Waals surface area contributed by atoms with Gasteiger partial charge in [0.15, 0.2) is 11.0 Å². The minimum atomic E-state index is -0.405. The van der Waals surface area contributed by atoms with Gasteiger partial charge in [0.1, 0.15) is 0 Å². The monoisotopic (exact) mass is 583 g/mol. The Kier molecular flexibility index (Phi) is 9.41. The van der Waals surface area contributed by atoms with E-state index in [4.69, 9.17) is 23.2 Å². The summed E-state index contributed by atoms with van der Waals surface area (Å²) in [6, 6.07) is 11.7. The number of aromatic nitrogens is 3. The Hall–Kier alpha value is -2.07. The van der Waals surface area contributed by atoms with Crippen LogP contribution in [0.3, 0.4) is 0 Å². The van der Waals surface area contributed by atoms with Crippen LogP contribution in [0.15, 0.2) is 52.1 Å². The molecule has 2 N–H and O–H groups in total. The number of nitrogens with one attached hydrogen (secondary N) is 2. The number of thioether (sulfide) groups is 1. The van der Waals surface area contributed by atoms with E-state index in [9.17, 15) is 9.59 Å². The van der Waals surface area contributed by atoms with Crippen LogP contribution >= 0.6 is 50.9 Å². The fourth-order valence-electron chi connectivity index (χ4n) is 3.22. The highest BCUT2D eigenvalue weighted by molar-refractivity contribution is 9.10. The lowest BCUT2D eigenvalue weighted by Crippen LogP contribution is -2.34. The highest BCUT2D eigenvalue weighted by Crippen LogP contribution is 2.27. The minimum absolute atomic E-state index is 0.0306. The van der Waals surface area contributed by atoms with Crippen molar-refractivity contribution in [3.05, 3.63) is 68.4 Å². The summed E-state index contributed by atoms with van der Waals surface area (Å²) >= 11 is 16.8. The highest BCUT2D eigenvalue weighted by Gasteiger charge is 2.27. The summed E-state index contributed by atoms with van der Waals surface area (Å²) in [6.45, 7) is 6.52. The zero-order chi connectivity index (χ0) is 24.8. The summed E-state index contributed by atoms with van der Waals surface area (Å²) in [6.07, 6.45) is 0. The number of anilines is 1. The van der Waals surface area contributed by atoms with E-state index in [1.54, 1.807) is 12.1 Å². The molecule has 0 bridgehead atoms. The van der Waals surface area contributed by atoms with Crippen molar-refractivity contribution in [2.45, 2.75) is 38.5 Å². The van der Waals surface area contributed by atoms with Gasteiger partial charge in [-0.15, -0.1) is 10.2 Å². The number of carbonyl (C=O) groups excluding carboxylic acids is 2. The Morgan fingerprint density at radius 2 is 1.82 bits per heavy atom. The number of benzene rings is 2. The minimum Gasteiger partial charge on any atom is -0.342 e. The number of amides is 2. The molecule has 0 aliphatic heterocycles. The molecule has 180 valence electrons. The normalized spacial score (nSPS) is 12.0. The first-order valence-corrected chi connectivity index (χ1v) is 13.1. The summed E-state index contributed by atoms with van der Waals surface area (Å²) in [5.74, 6) is 0.349. The van der Waals surface area contributed by atoms with Crippen LogP contribution in [-0.4, -0.2) is 32.3 Å².